The predicted octanol–water partition coefficient (Wildman–Crippen LogP) is 2.79. The highest BCUT2D eigenvalue weighted by atomic mass is 16.5. The van der Waals surface area contributed by atoms with Gasteiger partial charge in [0.1, 0.15) is 5.70 Å². The summed E-state index contributed by atoms with van der Waals surface area (Å²) >= 11 is 0. The zero-order chi connectivity index (χ0) is 21.0. The largest absolute Gasteiger partial charge is 0.383 e. The topological polar surface area (TPSA) is 87.7 Å². The van der Waals surface area contributed by atoms with Gasteiger partial charge in [-0.3, -0.25) is 19.3 Å². The summed E-state index contributed by atoms with van der Waals surface area (Å²) < 4.78 is 5.04. The number of methoxy groups -OCH3 is 1. The molecule has 2 aromatic carbocycles. The molecule has 0 spiro atoms. The molecule has 0 saturated carbocycles. The maximum atomic E-state index is 13.0. The van der Waals surface area contributed by atoms with Crippen LogP contribution in [0.1, 0.15) is 18.1 Å². The van der Waals surface area contributed by atoms with Gasteiger partial charge in [-0.05, 0) is 36.8 Å². The first-order valence-electron chi connectivity index (χ1n) is 9.22. The summed E-state index contributed by atoms with van der Waals surface area (Å²) in [4.78, 5) is 38.4. The van der Waals surface area contributed by atoms with Gasteiger partial charge in [0.05, 0.1) is 18.7 Å². The monoisotopic (exact) mass is 393 g/mol. The van der Waals surface area contributed by atoms with Crippen molar-refractivity contribution >= 4 is 34.7 Å². The highest BCUT2D eigenvalue weighted by Crippen LogP contribution is 2.31. The lowest BCUT2D eigenvalue weighted by molar-refractivity contribution is -0.137. The summed E-state index contributed by atoms with van der Waals surface area (Å²) in [7, 11) is 1.52. The number of hydrogen-bond acceptors (Lipinski definition) is 5. The third-order valence-corrected chi connectivity index (χ3v) is 4.50. The molecule has 2 aromatic rings. The van der Waals surface area contributed by atoms with Crippen molar-refractivity contribution in [3.8, 4) is 0 Å². The van der Waals surface area contributed by atoms with E-state index in [-0.39, 0.29) is 30.7 Å². The van der Waals surface area contributed by atoms with Crippen LogP contribution >= 0.6 is 0 Å². The Hall–Kier alpha value is -3.45. The minimum Gasteiger partial charge on any atom is -0.383 e. The number of benzene rings is 2. The highest BCUT2D eigenvalue weighted by Gasteiger charge is 2.38. The van der Waals surface area contributed by atoms with Crippen LogP contribution in [0, 0.1) is 6.92 Å². The van der Waals surface area contributed by atoms with Gasteiger partial charge in [0, 0.05) is 25.4 Å². The van der Waals surface area contributed by atoms with Crippen LogP contribution in [0.25, 0.3) is 5.57 Å². The Morgan fingerprint density at radius 2 is 1.59 bits per heavy atom. The summed E-state index contributed by atoms with van der Waals surface area (Å²) in [5, 5.41) is 5.79. The molecule has 1 aliphatic rings. The molecule has 0 atom stereocenters. The Kier molecular flexibility index (Phi) is 6.09. The molecule has 7 nitrogen and oxygen atoms in total. The van der Waals surface area contributed by atoms with Gasteiger partial charge in [-0.2, -0.15) is 0 Å². The zero-order valence-corrected chi connectivity index (χ0v) is 16.6. The Morgan fingerprint density at radius 1 is 0.966 bits per heavy atom. The van der Waals surface area contributed by atoms with Crippen LogP contribution in [0.2, 0.25) is 0 Å². The molecule has 0 bridgehead atoms. The van der Waals surface area contributed by atoms with Crippen molar-refractivity contribution in [3.05, 3.63) is 65.4 Å². The molecule has 29 heavy (non-hydrogen) atoms. The van der Waals surface area contributed by atoms with E-state index < -0.39 is 5.91 Å². The number of imide groups is 1. The van der Waals surface area contributed by atoms with Crippen molar-refractivity contribution < 1.29 is 19.1 Å². The number of hydrogen-bond donors (Lipinski definition) is 2. The minimum absolute atomic E-state index is 0.167. The van der Waals surface area contributed by atoms with Crippen molar-refractivity contribution in [1.29, 1.82) is 0 Å². The molecule has 0 aliphatic carbocycles. The Morgan fingerprint density at radius 3 is 2.17 bits per heavy atom. The highest BCUT2D eigenvalue weighted by molar-refractivity contribution is 6.36. The van der Waals surface area contributed by atoms with E-state index in [1.807, 2.05) is 31.2 Å². The van der Waals surface area contributed by atoms with Gasteiger partial charge in [-0.15, -0.1) is 0 Å². The van der Waals surface area contributed by atoms with E-state index in [0.717, 1.165) is 5.56 Å². The first-order valence-corrected chi connectivity index (χ1v) is 9.22. The SMILES string of the molecule is COCCN1C(=O)C(Nc2ccc(C)cc2)=C(c2ccc(NC(C)=O)cc2)C1=O. The van der Waals surface area contributed by atoms with Gasteiger partial charge in [0.2, 0.25) is 5.91 Å². The van der Waals surface area contributed by atoms with E-state index >= 15 is 0 Å². The molecule has 3 amide bonds. The van der Waals surface area contributed by atoms with Crippen molar-refractivity contribution in [2.24, 2.45) is 0 Å². The number of carbonyl (C=O) groups excluding carboxylic acids is 3. The molecule has 1 aliphatic heterocycles. The summed E-state index contributed by atoms with van der Waals surface area (Å²) in [6.45, 7) is 3.82. The van der Waals surface area contributed by atoms with E-state index in [1.165, 1.54) is 18.9 Å². The molecule has 1 heterocycles. The van der Waals surface area contributed by atoms with Crippen molar-refractivity contribution in [3.63, 3.8) is 0 Å². The molecule has 0 radical (unpaired) electrons. The van der Waals surface area contributed by atoms with E-state index in [1.54, 1.807) is 24.3 Å². The second-order valence-electron chi connectivity index (χ2n) is 6.75. The molecule has 0 saturated heterocycles. The predicted molar refractivity (Wildman–Crippen MR) is 111 cm³/mol. The molecule has 2 N–H and O–H groups in total. The number of nitrogens with one attached hydrogen (secondary N) is 2. The number of aryl methyl sites for hydroxylation is 1. The molecular weight excluding hydrogens is 370 g/mol. The normalized spacial score (nSPS) is 13.8. The molecular formula is C22H23N3O4. The van der Waals surface area contributed by atoms with Crippen LogP contribution in [0.15, 0.2) is 54.2 Å². The number of carbonyl (C=O) groups is 3. The molecule has 3 rings (SSSR count). The quantitative estimate of drug-likeness (QED) is 0.707. The van der Waals surface area contributed by atoms with E-state index in [4.69, 9.17) is 4.74 Å². The van der Waals surface area contributed by atoms with Crippen molar-refractivity contribution in [2.75, 3.05) is 30.9 Å². The molecule has 0 fully saturated rings. The van der Waals surface area contributed by atoms with E-state index in [2.05, 4.69) is 10.6 Å². The number of ether oxygens (including phenoxy) is 1. The second kappa shape index (κ2) is 8.70. The average molecular weight is 393 g/mol. The zero-order valence-electron chi connectivity index (χ0n) is 16.6. The Balaban J connectivity index is 1.99. The van der Waals surface area contributed by atoms with E-state index in [9.17, 15) is 14.4 Å². The van der Waals surface area contributed by atoms with Gasteiger partial charge in [0.25, 0.3) is 11.8 Å². The minimum atomic E-state index is -0.395. The van der Waals surface area contributed by atoms with Crippen LogP contribution in [0.5, 0.6) is 0 Å². The summed E-state index contributed by atoms with van der Waals surface area (Å²) in [5.74, 6) is -0.959. The number of nitrogens with zero attached hydrogens (tertiary/aromatic N) is 1. The van der Waals surface area contributed by atoms with E-state index in [0.29, 0.717) is 22.5 Å². The van der Waals surface area contributed by atoms with Crippen LogP contribution in [0.4, 0.5) is 11.4 Å². The maximum Gasteiger partial charge on any atom is 0.278 e. The lowest BCUT2D eigenvalue weighted by atomic mass is 10.0. The first-order chi connectivity index (χ1) is 13.9. The second-order valence-corrected chi connectivity index (χ2v) is 6.75. The van der Waals surface area contributed by atoms with Crippen LogP contribution in [0.3, 0.4) is 0 Å². The van der Waals surface area contributed by atoms with Gasteiger partial charge in [-0.1, -0.05) is 29.8 Å². The van der Waals surface area contributed by atoms with Crippen LogP contribution in [-0.4, -0.2) is 42.9 Å². The smallest absolute Gasteiger partial charge is 0.278 e. The molecule has 0 aromatic heterocycles. The summed E-state index contributed by atoms with van der Waals surface area (Å²) in [5.41, 5.74) is 3.53. The standard InChI is InChI=1S/C22H23N3O4/c1-14-4-8-18(9-5-14)24-20-19(21(27)25(22(20)28)12-13-29-3)16-6-10-17(11-7-16)23-15(2)26/h4-11,24H,12-13H2,1-3H3,(H,23,26). The van der Waals surface area contributed by atoms with Gasteiger partial charge in [0.15, 0.2) is 0 Å². The summed E-state index contributed by atoms with van der Waals surface area (Å²) in [6, 6.07) is 14.4. The third-order valence-electron chi connectivity index (χ3n) is 4.50. The molecule has 150 valence electrons. The van der Waals surface area contributed by atoms with Gasteiger partial charge < -0.3 is 15.4 Å². The summed E-state index contributed by atoms with van der Waals surface area (Å²) in [6.07, 6.45) is 0. The average Bonchev–Trinajstić information content (AvgIpc) is 2.92. The molecule has 7 heteroatoms. The Labute approximate surface area is 169 Å². The number of anilines is 2. The fourth-order valence-corrected chi connectivity index (χ4v) is 3.05. The van der Waals surface area contributed by atoms with Crippen molar-refractivity contribution in [1.82, 2.24) is 4.90 Å². The third kappa shape index (κ3) is 4.52. The molecule has 0 unspecified atom stereocenters. The fraction of sp³-hybridized carbons (Fsp3) is 0.227. The first kappa shape index (κ1) is 20.3. The maximum absolute atomic E-state index is 13.0. The fourth-order valence-electron chi connectivity index (χ4n) is 3.05. The van der Waals surface area contributed by atoms with Crippen molar-refractivity contribution in [2.45, 2.75) is 13.8 Å². The van der Waals surface area contributed by atoms with Gasteiger partial charge >= 0.3 is 0 Å². The number of amides is 3. The van der Waals surface area contributed by atoms with Crippen LogP contribution < -0.4 is 10.6 Å². The van der Waals surface area contributed by atoms with Gasteiger partial charge in [-0.25, -0.2) is 0 Å². The lowest BCUT2D eigenvalue weighted by Crippen LogP contribution is -2.35. The lowest BCUT2D eigenvalue weighted by Gasteiger charge is -2.14. The van der Waals surface area contributed by atoms with Crippen LogP contribution in [-0.2, 0) is 19.1 Å². The number of rotatable bonds is 7. The Bertz CT molecular complexity index is 963.